The Bertz CT molecular complexity index is 228. The first kappa shape index (κ1) is 3.78. The van der Waals surface area contributed by atoms with Crippen molar-refractivity contribution in [2.75, 3.05) is 0 Å². The van der Waals surface area contributed by atoms with Gasteiger partial charge in [-0.1, -0.05) is 0 Å². The van der Waals surface area contributed by atoms with E-state index in [1.54, 1.807) is 0 Å². The summed E-state index contributed by atoms with van der Waals surface area (Å²) in [6.07, 6.45) is 5.68. The summed E-state index contributed by atoms with van der Waals surface area (Å²) in [7, 11) is 0. The van der Waals surface area contributed by atoms with Gasteiger partial charge in [0.1, 0.15) is 0 Å². The van der Waals surface area contributed by atoms with Crippen LogP contribution in [0.5, 0.6) is 0 Å². The van der Waals surface area contributed by atoms with E-state index < -0.39 is 0 Å². The lowest BCUT2D eigenvalue weighted by atomic mass is 10.5. The van der Waals surface area contributed by atoms with Crippen LogP contribution in [0.1, 0.15) is 0 Å². The third-order valence-electron chi connectivity index (χ3n) is 1.14. The minimum atomic E-state index is 1.06. The van der Waals surface area contributed by atoms with Crippen LogP contribution in [0.3, 0.4) is 0 Å². The van der Waals surface area contributed by atoms with Crippen molar-refractivity contribution >= 4 is 11.0 Å². The molecule has 0 unspecified atom stereocenters. The molecule has 2 radical (unpaired) electrons. The quantitative estimate of drug-likeness (QED) is 0.501. The Morgan fingerprint density at radius 1 is 1.00 bits per heavy atom. The Balaban J connectivity index is 3.06. The molecule has 0 fully saturated rings. The molecule has 0 aromatic carbocycles. The molecular formula is C6H4N2. The summed E-state index contributed by atoms with van der Waals surface area (Å²) < 4.78 is 0. The number of fused-ring (bicyclic) bond motifs is 1. The van der Waals surface area contributed by atoms with E-state index in [0.717, 1.165) is 11.0 Å². The highest BCUT2D eigenvalue weighted by Crippen LogP contribution is 2.05. The lowest BCUT2D eigenvalue weighted by Gasteiger charge is -1.67. The first-order valence-corrected chi connectivity index (χ1v) is 2.40. The molecule has 0 atom stereocenters. The number of hydrogen-bond acceptors (Lipinski definition) is 0. The van der Waals surface area contributed by atoms with Crippen LogP contribution in [0, 0.1) is 12.4 Å². The molecule has 8 heavy (non-hydrogen) atoms. The summed E-state index contributed by atoms with van der Waals surface area (Å²) in [5.74, 6) is 0. The van der Waals surface area contributed by atoms with Gasteiger partial charge in [0.2, 0.25) is 0 Å². The van der Waals surface area contributed by atoms with Crippen LogP contribution in [0.25, 0.3) is 11.0 Å². The Hall–Kier alpha value is -1.18. The maximum Gasteiger partial charge on any atom is 0.0646 e. The number of nitrogens with one attached hydrogen (secondary N) is 2. The number of rotatable bonds is 0. The predicted octanol–water partition coefficient (Wildman–Crippen LogP) is 1.10. The van der Waals surface area contributed by atoms with Crippen molar-refractivity contribution in [2.45, 2.75) is 0 Å². The van der Waals surface area contributed by atoms with Crippen molar-refractivity contribution in [3.05, 3.63) is 24.5 Å². The molecule has 2 heterocycles. The lowest BCUT2D eigenvalue weighted by molar-refractivity contribution is 1.44. The highest BCUT2D eigenvalue weighted by Gasteiger charge is 1.89. The number of aromatic amines is 2. The van der Waals surface area contributed by atoms with E-state index in [1.165, 1.54) is 0 Å². The van der Waals surface area contributed by atoms with Crippen LogP contribution in [0.2, 0.25) is 0 Å². The van der Waals surface area contributed by atoms with Gasteiger partial charge in [-0.2, -0.15) is 0 Å². The maximum atomic E-state index is 2.91. The Morgan fingerprint density at radius 2 is 1.50 bits per heavy atom. The van der Waals surface area contributed by atoms with Gasteiger partial charge in [0.25, 0.3) is 0 Å². The summed E-state index contributed by atoms with van der Waals surface area (Å²) in [5, 5.41) is 0. The molecule has 2 rings (SSSR count). The average Bonchev–Trinajstić information content (AvgIpc) is 2.15. The highest BCUT2D eigenvalue weighted by atomic mass is 14.8. The normalized spacial score (nSPS) is 10.5. The molecule has 0 saturated carbocycles. The van der Waals surface area contributed by atoms with Gasteiger partial charge in [-0.3, -0.25) is 0 Å². The van der Waals surface area contributed by atoms with E-state index in [4.69, 9.17) is 0 Å². The topological polar surface area (TPSA) is 31.6 Å². The van der Waals surface area contributed by atoms with E-state index >= 15 is 0 Å². The molecule has 0 spiro atoms. The fraction of sp³-hybridized carbons (Fsp3) is 0. The van der Waals surface area contributed by atoms with E-state index in [-0.39, 0.29) is 0 Å². The smallest absolute Gasteiger partial charge is 0.0646 e. The van der Waals surface area contributed by atoms with Gasteiger partial charge in [0, 0.05) is 0 Å². The fourth-order valence-corrected chi connectivity index (χ4v) is 0.734. The molecule has 0 aliphatic rings. The van der Waals surface area contributed by atoms with Crippen molar-refractivity contribution < 1.29 is 0 Å². The van der Waals surface area contributed by atoms with Crippen LogP contribution in [0.4, 0.5) is 0 Å². The van der Waals surface area contributed by atoms with E-state index in [2.05, 4.69) is 22.4 Å². The van der Waals surface area contributed by atoms with Crippen molar-refractivity contribution in [1.82, 2.24) is 9.97 Å². The van der Waals surface area contributed by atoms with Crippen molar-refractivity contribution in [1.29, 1.82) is 0 Å². The third-order valence-corrected chi connectivity index (χ3v) is 1.14. The van der Waals surface area contributed by atoms with E-state index in [0.29, 0.717) is 0 Å². The second-order valence-corrected chi connectivity index (χ2v) is 1.65. The van der Waals surface area contributed by atoms with Crippen molar-refractivity contribution in [3.63, 3.8) is 0 Å². The molecule has 0 amide bonds. The zero-order valence-electron chi connectivity index (χ0n) is 4.15. The molecular weight excluding hydrogens is 100 g/mol. The number of H-pyrrole nitrogens is 2. The van der Waals surface area contributed by atoms with Crippen LogP contribution in [-0.2, 0) is 0 Å². The molecule has 0 bridgehead atoms. The van der Waals surface area contributed by atoms with Crippen LogP contribution < -0.4 is 0 Å². The number of aromatic nitrogens is 2. The summed E-state index contributed by atoms with van der Waals surface area (Å²) in [6, 6.07) is 3.71. The molecule has 2 heteroatoms. The second kappa shape index (κ2) is 1.15. The molecule has 0 saturated heterocycles. The molecule has 2 aromatic rings. The Morgan fingerprint density at radius 3 is 2.00 bits per heavy atom. The Labute approximate surface area is 46.5 Å². The Kier molecular flexibility index (Phi) is 0.545. The third kappa shape index (κ3) is 0.320. The second-order valence-electron chi connectivity index (χ2n) is 1.65. The first-order valence-electron chi connectivity index (χ1n) is 2.40. The van der Waals surface area contributed by atoms with Gasteiger partial charge >= 0.3 is 0 Å². The van der Waals surface area contributed by atoms with E-state index in [9.17, 15) is 0 Å². The molecule has 38 valence electrons. The average molecular weight is 104 g/mol. The van der Waals surface area contributed by atoms with Crippen molar-refractivity contribution in [2.24, 2.45) is 0 Å². The fourth-order valence-electron chi connectivity index (χ4n) is 0.734. The van der Waals surface area contributed by atoms with Gasteiger partial charge in [0.05, 0.1) is 23.4 Å². The van der Waals surface area contributed by atoms with Crippen molar-refractivity contribution in [3.8, 4) is 0 Å². The van der Waals surface area contributed by atoms with Gasteiger partial charge in [-0.25, -0.2) is 0 Å². The molecule has 2 N–H and O–H groups in total. The SMILES string of the molecule is [c]1cc2[nH][c]cc2[nH]1. The summed E-state index contributed by atoms with van der Waals surface area (Å²) in [5.41, 5.74) is 2.12. The zero-order valence-corrected chi connectivity index (χ0v) is 4.15. The summed E-state index contributed by atoms with van der Waals surface area (Å²) >= 11 is 0. The van der Waals surface area contributed by atoms with E-state index in [1.807, 2.05) is 12.1 Å². The molecule has 2 aromatic heterocycles. The predicted molar refractivity (Wildman–Crippen MR) is 30.3 cm³/mol. The molecule has 2 nitrogen and oxygen atoms in total. The van der Waals surface area contributed by atoms with Gasteiger partial charge in [0.15, 0.2) is 0 Å². The minimum absolute atomic E-state index is 1.06. The maximum absolute atomic E-state index is 2.91. The number of hydrogen-bond donors (Lipinski definition) is 2. The van der Waals surface area contributed by atoms with Crippen LogP contribution in [0.15, 0.2) is 12.1 Å². The van der Waals surface area contributed by atoms with Crippen LogP contribution >= 0.6 is 0 Å². The van der Waals surface area contributed by atoms with Crippen LogP contribution in [-0.4, -0.2) is 9.97 Å². The standard InChI is InChI=1S/C6H4N2/c1-3-7-6-2-4-8-5(1)6/h1-2,7-8H. The molecule has 0 aliphatic heterocycles. The minimum Gasteiger partial charge on any atom is -0.352 e. The van der Waals surface area contributed by atoms with Gasteiger partial charge in [-0.15, -0.1) is 0 Å². The van der Waals surface area contributed by atoms with Gasteiger partial charge in [-0.05, 0) is 12.1 Å². The lowest BCUT2D eigenvalue weighted by Crippen LogP contribution is -1.52. The summed E-state index contributed by atoms with van der Waals surface area (Å²) in [4.78, 5) is 5.82. The van der Waals surface area contributed by atoms with Gasteiger partial charge < -0.3 is 9.97 Å². The molecule has 0 aliphatic carbocycles. The summed E-state index contributed by atoms with van der Waals surface area (Å²) in [6.45, 7) is 0. The first-order chi connectivity index (χ1) is 3.97. The highest BCUT2D eigenvalue weighted by molar-refractivity contribution is 5.74. The monoisotopic (exact) mass is 104 g/mol. The zero-order chi connectivity index (χ0) is 5.40. The largest absolute Gasteiger partial charge is 0.352 e.